The number of methoxy groups -OCH3 is 3. The molecule has 0 atom stereocenters. The Bertz CT molecular complexity index is 819. The molecule has 0 saturated heterocycles. The highest BCUT2D eigenvalue weighted by molar-refractivity contribution is 5.54. The monoisotopic (exact) mass is 364 g/mol. The van der Waals surface area contributed by atoms with Gasteiger partial charge in [0.15, 0.2) is 11.5 Å². The zero-order valence-electron chi connectivity index (χ0n) is 15.6. The van der Waals surface area contributed by atoms with Crippen molar-refractivity contribution in [1.82, 2.24) is 4.98 Å². The van der Waals surface area contributed by atoms with E-state index in [1.165, 1.54) is 21.3 Å². The van der Waals surface area contributed by atoms with Crippen molar-refractivity contribution in [1.29, 1.82) is 0 Å². The van der Waals surface area contributed by atoms with Gasteiger partial charge in [0, 0.05) is 12.8 Å². The number of aromatic amines is 1. The first-order valence-electron chi connectivity index (χ1n) is 8.17. The van der Waals surface area contributed by atoms with Crippen molar-refractivity contribution in [3.8, 4) is 23.1 Å². The molecular formula is C18H24N2O6. The average molecular weight is 364 g/mol. The standard InChI is InChI=1S/C18H24N2O6/c1-10(2)6-13-17(21)19-12(18(22)20(13)23)7-11-8-14(24-3)16(26-5)15(9-11)25-4/h8-10,22H,6-7H2,1-5H3,(H,19,21). The lowest BCUT2D eigenvalue weighted by Crippen LogP contribution is -2.41. The average Bonchev–Trinajstić information content (AvgIpc) is 2.61. The molecule has 0 bridgehead atoms. The van der Waals surface area contributed by atoms with Crippen LogP contribution in [0.15, 0.2) is 16.9 Å². The van der Waals surface area contributed by atoms with E-state index in [4.69, 9.17) is 14.2 Å². The van der Waals surface area contributed by atoms with Crippen molar-refractivity contribution in [2.24, 2.45) is 5.92 Å². The number of aromatic nitrogens is 2. The Balaban J connectivity index is 2.47. The van der Waals surface area contributed by atoms with Crippen molar-refractivity contribution in [2.75, 3.05) is 21.3 Å². The van der Waals surface area contributed by atoms with Crippen LogP contribution in [0.3, 0.4) is 0 Å². The van der Waals surface area contributed by atoms with E-state index in [0.717, 1.165) is 0 Å². The van der Waals surface area contributed by atoms with Gasteiger partial charge in [-0.3, -0.25) is 4.79 Å². The summed E-state index contributed by atoms with van der Waals surface area (Å²) < 4.78 is 16.1. The van der Waals surface area contributed by atoms with Crippen molar-refractivity contribution < 1.29 is 24.0 Å². The van der Waals surface area contributed by atoms with Crippen LogP contribution in [0.5, 0.6) is 23.1 Å². The second-order valence-electron chi connectivity index (χ2n) is 6.31. The molecule has 0 unspecified atom stereocenters. The SMILES string of the molecule is COc1cc(Cc2[nH]c(=O)c(CC(C)C)[n+]([O-])c2O)cc(OC)c1OC. The third-order valence-electron chi connectivity index (χ3n) is 3.94. The van der Waals surface area contributed by atoms with Crippen molar-refractivity contribution in [3.05, 3.63) is 44.6 Å². The maximum atomic E-state index is 12.3. The van der Waals surface area contributed by atoms with E-state index >= 15 is 0 Å². The summed E-state index contributed by atoms with van der Waals surface area (Å²) in [6.07, 6.45) is 0.388. The molecular weight excluding hydrogens is 340 g/mol. The van der Waals surface area contributed by atoms with Gasteiger partial charge in [0.05, 0.1) is 21.3 Å². The fourth-order valence-corrected chi connectivity index (χ4v) is 2.73. The van der Waals surface area contributed by atoms with Crippen molar-refractivity contribution in [3.63, 3.8) is 0 Å². The summed E-state index contributed by atoms with van der Waals surface area (Å²) in [6, 6.07) is 3.38. The van der Waals surface area contributed by atoms with Gasteiger partial charge >= 0.3 is 11.4 Å². The van der Waals surface area contributed by atoms with Crippen molar-refractivity contribution in [2.45, 2.75) is 26.7 Å². The number of hydrogen-bond acceptors (Lipinski definition) is 6. The van der Waals surface area contributed by atoms with Crippen molar-refractivity contribution >= 4 is 0 Å². The Morgan fingerprint density at radius 2 is 1.73 bits per heavy atom. The second-order valence-corrected chi connectivity index (χ2v) is 6.31. The molecule has 2 rings (SSSR count). The number of H-pyrrole nitrogens is 1. The summed E-state index contributed by atoms with van der Waals surface area (Å²) in [7, 11) is 4.48. The van der Waals surface area contributed by atoms with Gasteiger partial charge in [-0.1, -0.05) is 13.8 Å². The molecule has 0 amide bonds. The Morgan fingerprint density at radius 1 is 1.15 bits per heavy atom. The predicted octanol–water partition coefficient (Wildman–Crippen LogP) is 1.53. The van der Waals surface area contributed by atoms with E-state index in [2.05, 4.69) is 4.98 Å². The molecule has 0 radical (unpaired) electrons. The predicted molar refractivity (Wildman–Crippen MR) is 95.1 cm³/mol. The minimum Gasteiger partial charge on any atom is -0.616 e. The van der Waals surface area contributed by atoms with Gasteiger partial charge in [-0.15, -0.1) is 4.73 Å². The molecule has 8 nitrogen and oxygen atoms in total. The quantitative estimate of drug-likeness (QED) is 0.570. The Hall–Kier alpha value is -2.90. The number of nitrogens with one attached hydrogen (secondary N) is 1. The Kier molecular flexibility index (Phi) is 5.97. The molecule has 0 aliphatic carbocycles. The van der Waals surface area contributed by atoms with Gasteiger partial charge in [0.1, 0.15) is 5.69 Å². The Labute approximate surface area is 151 Å². The van der Waals surface area contributed by atoms with E-state index in [0.29, 0.717) is 27.5 Å². The van der Waals surface area contributed by atoms with Crippen LogP contribution in [0.2, 0.25) is 0 Å². The summed E-state index contributed by atoms with van der Waals surface area (Å²) in [6.45, 7) is 3.78. The van der Waals surface area contributed by atoms with Crippen LogP contribution in [0, 0.1) is 11.1 Å². The largest absolute Gasteiger partial charge is 0.616 e. The zero-order chi connectivity index (χ0) is 19.4. The molecule has 26 heavy (non-hydrogen) atoms. The first-order valence-corrected chi connectivity index (χ1v) is 8.17. The highest BCUT2D eigenvalue weighted by atomic mass is 16.5. The molecule has 0 spiro atoms. The number of aromatic hydroxyl groups is 1. The lowest BCUT2D eigenvalue weighted by Gasteiger charge is -2.14. The molecule has 0 aliphatic rings. The molecule has 8 heteroatoms. The fraction of sp³-hybridized carbons (Fsp3) is 0.444. The van der Waals surface area contributed by atoms with E-state index in [-0.39, 0.29) is 30.1 Å². The molecule has 142 valence electrons. The summed E-state index contributed by atoms with van der Waals surface area (Å²) in [5, 5.41) is 22.5. The van der Waals surface area contributed by atoms with E-state index in [9.17, 15) is 15.1 Å². The van der Waals surface area contributed by atoms with Crippen LogP contribution in [-0.2, 0) is 12.8 Å². The first-order chi connectivity index (χ1) is 12.3. The number of rotatable bonds is 7. The van der Waals surface area contributed by atoms with Crippen LogP contribution >= 0.6 is 0 Å². The third-order valence-corrected chi connectivity index (χ3v) is 3.94. The van der Waals surface area contributed by atoms with Crippen LogP contribution in [0.4, 0.5) is 0 Å². The zero-order valence-corrected chi connectivity index (χ0v) is 15.6. The van der Waals surface area contributed by atoms with Crippen LogP contribution in [0.1, 0.15) is 30.8 Å². The summed E-state index contributed by atoms with van der Waals surface area (Å²) in [4.78, 5) is 14.8. The number of nitrogens with zero attached hydrogens (tertiary/aromatic N) is 1. The maximum Gasteiger partial charge on any atom is 0.397 e. The van der Waals surface area contributed by atoms with Crippen LogP contribution in [0.25, 0.3) is 0 Å². The molecule has 0 saturated carbocycles. The normalized spacial score (nSPS) is 10.8. The molecule has 1 heterocycles. The highest BCUT2D eigenvalue weighted by Crippen LogP contribution is 2.38. The van der Waals surface area contributed by atoms with Gasteiger partial charge < -0.3 is 29.5 Å². The smallest absolute Gasteiger partial charge is 0.397 e. The molecule has 1 aromatic carbocycles. The topological polar surface area (TPSA) is 108 Å². The highest BCUT2D eigenvalue weighted by Gasteiger charge is 2.23. The van der Waals surface area contributed by atoms with E-state index in [1.54, 1.807) is 12.1 Å². The second kappa shape index (κ2) is 7.99. The molecule has 2 N–H and O–H groups in total. The van der Waals surface area contributed by atoms with Crippen LogP contribution < -0.4 is 24.5 Å². The van der Waals surface area contributed by atoms with Gasteiger partial charge in [-0.2, -0.15) is 0 Å². The van der Waals surface area contributed by atoms with E-state index < -0.39 is 11.4 Å². The van der Waals surface area contributed by atoms with E-state index in [1.807, 2.05) is 13.8 Å². The van der Waals surface area contributed by atoms with Crippen LogP contribution in [-0.4, -0.2) is 31.4 Å². The first kappa shape index (κ1) is 19.4. The lowest BCUT2D eigenvalue weighted by atomic mass is 10.1. The number of hydrogen-bond donors (Lipinski definition) is 2. The summed E-state index contributed by atoms with van der Waals surface area (Å²) >= 11 is 0. The number of benzene rings is 1. The minimum absolute atomic E-state index is 0.00820. The van der Waals surface area contributed by atoms with Gasteiger partial charge in [0.2, 0.25) is 5.75 Å². The molecule has 1 aromatic heterocycles. The minimum atomic E-state index is -0.519. The summed E-state index contributed by atoms with van der Waals surface area (Å²) in [5.74, 6) is 0.901. The van der Waals surface area contributed by atoms with Gasteiger partial charge in [-0.05, 0) is 23.6 Å². The molecule has 0 fully saturated rings. The Morgan fingerprint density at radius 3 is 2.19 bits per heavy atom. The fourth-order valence-electron chi connectivity index (χ4n) is 2.73. The summed E-state index contributed by atoms with van der Waals surface area (Å²) in [5.41, 5.74) is 0.272. The van der Waals surface area contributed by atoms with Gasteiger partial charge in [-0.25, -0.2) is 0 Å². The number of ether oxygens (including phenoxy) is 3. The maximum absolute atomic E-state index is 12.3. The molecule has 2 aromatic rings. The lowest BCUT2D eigenvalue weighted by molar-refractivity contribution is -0.624. The van der Waals surface area contributed by atoms with Gasteiger partial charge in [0.25, 0.3) is 5.69 Å². The third kappa shape index (κ3) is 3.84. The molecule has 0 aliphatic heterocycles.